The van der Waals surface area contributed by atoms with Crippen LogP contribution in [0.15, 0.2) is 42.7 Å². The highest BCUT2D eigenvalue weighted by Crippen LogP contribution is 2.10. The molecule has 0 unspecified atom stereocenters. The molecule has 2 heterocycles. The monoisotopic (exact) mass is 328 g/mol. The van der Waals surface area contributed by atoms with E-state index in [4.69, 9.17) is 0 Å². The van der Waals surface area contributed by atoms with E-state index in [1.807, 2.05) is 41.4 Å². The van der Waals surface area contributed by atoms with Gasteiger partial charge in [0, 0.05) is 38.9 Å². The van der Waals surface area contributed by atoms with Crippen LogP contribution in [0.2, 0.25) is 0 Å². The summed E-state index contributed by atoms with van der Waals surface area (Å²) in [6.07, 6.45) is 3.73. The average Bonchev–Trinajstić information content (AvgIpc) is 3.04. The Hall–Kier alpha value is -2.18. The number of carbonyl (C=O) groups excluding carboxylic acids is 1. The second-order valence-electron chi connectivity index (χ2n) is 6.34. The van der Waals surface area contributed by atoms with Crippen molar-refractivity contribution in [1.29, 1.82) is 0 Å². The van der Waals surface area contributed by atoms with E-state index >= 15 is 0 Å². The van der Waals surface area contributed by atoms with Gasteiger partial charge in [-0.25, -0.2) is 4.68 Å². The van der Waals surface area contributed by atoms with Crippen LogP contribution in [-0.2, 0) is 11.2 Å². The standard InChI is InChI=1S/C18H24N4O2/c1-15(23)13-20-7-9-21(10-8-20)18(24)11-16-12-19-22(14-16)17-5-3-2-4-6-17/h2-6,12,14-15,23H,7-11,13H2,1H3/t15-/m1/s1. The molecule has 24 heavy (non-hydrogen) atoms. The van der Waals surface area contributed by atoms with Crippen molar-refractivity contribution in [3.8, 4) is 5.69 Å². The van der Waals surface area contributed by atoms with Gasteiger partial charge in [-0.05, 0) is 24.6 Å². The fraction of sp³-hybridized carbons (Fsp3) is 0.444. The molecule has 0 saturated carbocycles. The summed E-state index contributed by atoms with van der Waals surface area (Å²) in [5, 5.41) is 13.8. The third kappa shape index (κ3) is 4.21. The number of hydrogen-bond acceptors (Lipinski definition) is 4. The summed E-state index contributed by atoms with van der Waals surface area (Å²) in [7, 11) is 0. The lowest BCUT2D eigenvalue weighted by Crippen LogP contribution is -2.50. The van der Waals surface area contributed by atoms with Crippen molar-refractivity contribution in [2.75, 3.05) is 32.7 Å². The molecule has 1 aromatic carbocycles. The van der Waals surface area contributed by atoms with Gasteiger partial charge >= 0.3 is 0 Å². The van der Waals surface area contributed by atoms with Crippen molar-refractivity contribution in [3.63, 3.8) is 0 Å². The fourth-order valence-electron chi connectivity index (χ4n) is 3.01. The van der Waals surface area contributed by atoms with Crippen LogP contribution in [0.1, 0.15) is 12.5 Å². The molecule has 2 aromatic rings. The molecule has 1 aromatic heterocycles. The quantitative estimate of drug-likeness (QED) is 0.887. The van der Waals surface area contributed by atoms with E-state index in [-0.39, 0.29) is 12.0 Å². The lowest BCUT2D eigenvalue weighted by molar-refractivity contribution is -0.132. The number of aliphatic hydroxyl groups is 1. The van der Waals surface area contributed by atoms with Gasteiger partial charge in [0.1, 0.15) is 0 Å². The van der Waals surface area contributed by atoms with Gasteiger partial charge in [0.05, 0.1) is 24.4 Å². The van der Waals surface area contributed by atoms with E-state index in [0.29, 0.717) is 13.0 Å². The van der Waals surface area contributed by atoms with Crippen molar-refractivity contribution in [2.24, 2.45) is 0 Å². The summed E-state index contributed by atoms with van der Waals surface area (Å²) in [6.45, 7) is 5.55. The second-order valence-corrected chi connectivity index (χ2v) is 6.34. The topological polar surface area (TPSA) is 61.6 Å². The number of para-hydroxylation sites is 1. The fourth-order valence-corrected chi connectivity index (χ4v) is 3.01. The van der Waals surface area contributed by atoms with E-state index in [9.17, 15) is 9.90 Å². The first-order valence-corrected chi connectivity index (χ1v) is 8.39. The summed E-state index contributed by atoms with van der Waals surface area (Å²) in [4.78, 5) is 16.6. The largest absolute Gasteiger partial charge is 0.392 e. The molecule has 1 atom stereocenters. The van der Waals surface area contributed by atoms with E-state index < -0.39 is 0 Å². The molecule has 1 fully saturated rings. The van der Waals surface area contributed by atoms with Crippen molar-refractivity contribution in [2.45, 2.75) is 19.4 Å². The van der Waals surface area contributed by atoms with Gasteiger partial charge in [-0.3, -0.25) is 9.69 Å². The van der Waals surface area contributed by atoms with Crippen LogP contribution in [-0.4, -0.2) is 69.4 Å². The first kappa shape index (κ1) is 16.7. The van der Waals surface area contributed by atoms with Crippen LogP contribution < -0.4 is 0 Å². The zero-order valence-corrected chi connectivity index (χ0v) is 14.0. The molecule has 0 bridgehead atoms. The second kappa shape index (κ2) is 7.59. The number of hydrogen-bond donors (Lipinski definition) is 1. The minimum absolute atomic E-state index is 0.138. The Balaban J connectivity index is 1.54. The number of aromatic nitrogens is 2. The van der Waals surface area contributed by atoms with Crippen molar-refractivity contribution in [3.05, 3.63) is 48.3 Å². The maximum absolute atomic E-state index is 12.5. The highest BCUT2D eigenvalue weighted by Gasteiger charge is 2.22. The van der Waals surface area contributed by atoms with Gasteiger partial charge < -0.3 is 10.0 Å². The number of carbonyl (C=O) groups is 1. The Kier molecular flexibility index (Phi) is 5.27. The summed E-state index contributed by atoms with van der Waals surface area (Å²) in [5.41, 5.74) is 1.91. The molecule has 0 spiro atoms. The van der Waals surface area contributed by atoms with Gasteiger partial charge in [0.2, 0.25) is 5.91 Å². The number of nitrogens with zero attached hydrogens (tertiary/aromatic N) is 4. The van der Waals surface area contributed by atoms with Gasteiger partial charge in [0.15, 0.2) is 0 Å². The molecular formula is C18H24N4O2. The van der Waals surface area contributed by atoms with Crippen molar-refractivity contribution < 1.29 is 9.90 Å². The van der Waals surface area contributed by atoms with Crippen molar-refractivity contribution in [1.82, 2.24) is 19.6 Å². The van der Waals surface area contributed by atoms with E-state index in [1.165, 1.54) is 0 Å². The van der Waals surface area contributed by atoms with Crippen LogP contribution >= 0.6 is 0 Å². The first-order chi connectivity index (χ1) is 11.6. The average molecular weight is 328 g/mol. The summed E-state index contributed by atoms with van der Waals surface area (Å²) < 4.78 is 1.79. The van der Waals surface area contributed by atoms with Crippen LogP contribution in [0.25, 0.3) is 5.69 Å². The molecule has 0 radical (unpaired) electrons. The molecule has 0 aliphatic carbocycles. The maximum Gasteiger partial charge on any atom is 0.227 e. The number of aliphatic hydroxyl groups excluding tert-OH is 1. The Morgan fingerprint density at radius 3 is 2.58 bits per heavy atom. The third-order valence-corrected chi connectivity index (χ3v) is 4.26. The smallest absolute Gasteiger partial charge is 0.227 e. The molecule has 1 amide bonds. The maximum atomic E-state index is 12.5. The predicted molar refractivity (Wildman–Crippen MR) is 92.0 cm³/mol. The molecule has 128 valence electrons. The van der Waals surface area contributed by atoms with Gasteiger partial charge in [-0.2, -0.15) is 5.10 Å². The molecule has 1 aliphatic rings. The van der Waals surface area contributed by atoms with E-state index in [1.54, 1.807) is 17.8 Å². The SMILES string of the molecule is C[C@@H](O)CN1CCN(C(=O)Cc2cnn(-c3ccccc3)c2)CC1. The number of benzene rings is 1. The lowest BCUT2D eigenvalue weighted by atomic mass is 10.2. The third-order valence-electron chi connectivity index (χ3n) is 4.26. The Labute approximate surface area is 142 Å². The highest BCUT2D eigenvalue weighted by molar-refractivity contribution is 5.78. The summed E-state index contributed by atoms with van der Waals surface area (Å²) >= 11 is 0. The molecule has 1 saturated heterocycles. The van der Waals surface area contributed by atoms with Gasteiger partial charge in [-0.15, -0.1) is 0 Å². The number of amides is 1. The Bertz CT molecular complexity index is 661. The molecule has 1 N–H and O–H groups in total. The van der Waals surface area contributed by atoms with Gasteiger partial charge in [0.25, 0.3) is 0 Å². The molecule has 6 heteroatoms. The highest BCUT2D eigenvalue weighted by atomic mass is 16.3. The lowest BCUT2D eigenvalue weighted by Gasteiger charge is -2.35. The molecule has 6 nitrogen and oxygen atoms in total. The Morgan fingerprint density at radius 2 is 1.92 bits per heavy atom. The number of rotatable bonds is 5. The zero-order chi connectivity index (χ0) is 16.9. The number of β-amino-alcohol motifs (C(OH)–C–C–N with tert-alkyl or cyclic N) is 1. The minimum Gasteiger partial charge on any atom is -0.392 e. The summed E-state index contributed by atoms with van der Waals surface area (Å²) in [5.74, 6) is 0.138. The zero-order valence-electron chi connectivity index (χ0n) is 14.0. The first-order valence-electron chi connectivity index (χ1n) is 8.39. The Morgan fingerprint density at radius 1 is 1.21 bits per heavy atom. The molecule has 1 aliphatic heterocycles. The van der Waals surface area contributed by atoms with Crippen molar-refractivity contribution >= 4 is 5.91 Å². The van der Waals surface area contributed by atoms with Crippen LogP contribution in [0, 0.1) is 0 Å². The predicted octanol–water partition coefficient (Wildman–Crippen LogP) is 0.940. The normalized spacial score (nSPS) is 17.0. The summed E-state index contributed by atoms with van der Waals surface area (Å²) in [6, 6.07) is 9.87. The molecule has 3 rings (SSSR count). The van der Waals surface area contributed by atoms with E-state index in [0.717, 1.165) is 37.4 Å². The molecular weight excluding hydrogens is 304 g/mol. The van der Waals surface area contributed by atoms with Crippen LogP contribution in [0.4, 0.5) is 0 Å². The van der Waals surface area contributed by atoms with E-state index in [2.05, 4.69) is 10.00 Å². The van der Waals surface area contributed by atoms with Crippen LogP contribution in [0.3, 0.4) is 0 Å². The van der Waals surface area contributed by atoms with Crippen LogP contribution in [0.5, 0.6) is 0 Å². The number of piperazine rings is 1. The van der Waals surface area contributed by atoms with Gasteiger partial charge in [-0.1, -0.05) is 18.2 Å². The minimum atomic E-state index is -0.323.